The number of carbonyl (C=O) groups excluding carboxylic acids is 1. The molecule has 1 aromatic carbocycles. The van der Waals surface area contributed by atoms with Gasteiger partial charge in [-0.15, -0.1) is 0 Å². The molecule has 1 amide bonds. The van der Waals surface area contributed by atoms with Crippen molar-refractivity contribution in [1.29, 1.82) is 0 Å². The third-order valence-corrected chi connectivity index (χ3v) is 4.00. The molecule has 1 atom stereocenters. The first-order chi connectivity index (χ1) is 11.4. The van der Waals surface area contributed by atoms with Crippen LogP contribution >= 0.6 is 11.6 Å². The van der Waals surface area contributed by atoms with Crippen LogP contribution in [0.3, 0.4) is 0 Å². The van der Waals surface area contributed by atoms with Gasteiger partial charge in [0, 0.05) is 31.9 Å². The fraction of sp³-hybridized carbons (Fsp3) is 0.333. The molecule has 1 unspecified atom stereocenters. The van der Waals surface area contributed by atoms with Gasteiger partial charge in [-0.3, -0.25) is 4.79 Å². The molecule has 5 nitrogen and oxygen atoms in total. The van der Waals surface area contributed by atoms with Gasteiger partial charge in [-0.25, -0.2) is 4.98 Å². The highest BCUT2D eigenvalue weighted by Gasteiger charge is 2.18. The lowest BCUT2D eigenvalue weighted by Gasteiger charge is -2.25. The van der Waals surface area contributed by atoms with Gasteiger partial charge in [0.05, 0.1) is 11.6 Å². The van der Waals surface area contributed by atoms with Crippen LogP contribution in [0.5, 0.6) is 0 Å². The number of halogens is 1. The molecule has 0 radical (unpaired) electrons. The number of pyridine rings is 1. The Morgan fingerprint density at radius 3 is 2.58 bits per heavy atom. The van der Waals surface area contributed by atoms with E-state index in [1.807, 2.05) is 57.4 Å². The molecule has 6 heteroatoms. The topological polar surface area (TPSA) is 48.5 Å². The average molecular weight is 347 g/mol. The summed E-state index contributed by atoms with van der Waals surface area (Å²) in [4.78, 5) is 20.7. The Balaban J connectivity index is 2.14. The molecule has 1 heterocycles. The molecular formula is C18H23ClN4O. The Hall–Kier alpha value is -2.11. The normalized spacial score (nSPS) is 12.1. The molecule has 0 saturated heterocycles. The summed E-state index contributed by atoms with van der Waals surface area (Å²) in [7, 11) is 7.70. The summed E-state index contributed by atoms with van der Waals surface area (Å²) in [5.41, 5.74) is 1.62. The Labute approximate surface area is 148 Å². The van der Waals surface area contributed by atoms with Gasteiger partial charge < -0.3 is 15.1 Å². The number of hydrogen-bond donors (Lipinski definition) is 1. The van der Waals surface area contributed by atoms with Gasteiger partial charge in [-0.05, 0) is 43.9 Å². The smallest absolute Gasteiger partial charge is 0.255 e. The molecule has 1 N–H and O–H groups in total. The van der Waals surface area contributed by atoms with Crippen LogP contribution in [0.15, 0.2) is 42.6 Å². The molecule has 2 aromatic rings. The number of aromatic nitrogens is 1. The second kappa shape index (κ2) is 8.13. The predicted octanol–water partition coefficient (Wildman–Crippen LogP) is 2.83. The van der Waals surface area contributed by atoms with E-state index in [2.05, 4.69) is 15.2 Å². The van der Waals surface area contributed by atoms with Crippen molar-refractivity contribution < 1.29 is 4.79 Å². The molecular weight excluding hydrogens is 324 g/mol. The van der Waals surface area contributed by atoms with Crippen molar-refractivity contribution >= 4 is 23.3 Å². The van der Waals surface area contributed by atoms with Crippen LogP contribution < -0.4 is 10.2 Å². The van der Waals surface area contributed by atoms with Crippen molar-refractivity contribution in [3.05, 3.63) is 58.7 Å². The van der Waals surface area contributed by atoms with Crippen molar-refractivity contribution in [3.8, 4) is 0 Å². The monoisotopic (exact) mass is 346 g/mol. The lowest BCUT2D eigenvalue weighted by molar-refractivity contribution is 0.0942. The number of carbonyl (C=O) groups is 1. The summed E-state index contributed by atoms with van der Waals surface area (Å²) in [6.07, 6.45) is 1.68. The summed E-state index contributed by atoms with van der Waals surface area (Å²) in [6.45, 7) is 0.480. The van der Waals surface area contributed by atoms with Crippen molar-refractivity contribution in [2.24, 2.45) is 0 Å². The zero-order valence-electron chi connectivity index (χ0n) is 14.5. The number of rotatable bonds is 6. The first-order valence-corrected chi connectivity index (χ1v) is 8.10. The van der Waals surface area contributed by atoms with Crippen LogP contribution in [0.2, 0.25) is 5.02 Å². The minimum atomic E-state index is -0.138. The molecule has 0 spiro atoms. The van der Waals surface area contributed by atoms with E-state index in [9.17, 15) is 4.79 Å². The number of hydrogen-bond acceptors (Lipinski definition) is 4. The molecule has 0 aliphatic carbocycles. The van der Waals surface area contributed by atoms with Crippen LogP contribution in [-0.2, 0) is 0 Å². The van der Waals surface area contributed by atoms with Crippen LogP contribution in [0.4, 0.5) is 5.82 Å². The van der Waals surface area contributed by atoms with Crippen LogP contribution in [0.25, 0.3) is 0 Å². The largest absolute Gasteiger partial charge is 0.362 e. The second-order valence-electron chi connectivity index (χ2n) is 6.01. The molecule has 0 saturated carbocycles. The maximum absolute atomic E-state index is 12.6. The molecule has 0 fully saturated rings. The van der Waals surface area contributed by atoms with Gasteiger partial charge in [0.15, 0.2) is 0 Å². The minimum Gasteiger partial charge on any atom is -0.362 e. The van der Waals surface area contributed by atoms with Crippen LogP contribution in [0.1, 0.15) is 22.0 Å². The standard InChI is InChI=1S/C18H23ClN4O/c1-22(2)16(13-7-5-8-14(19)11-13)12-21-18(24)15-9-6-10-20-17(15)23(3)4/h5-11,16H,12H2,1-4H3,(H,21,24). The second-order valence-corrected chi connectivity index (χ2v) is 6.45. The van der Waals surface area contributed by atoms with E-state index in [-0.39, 0.29) is 11.9 Å². The first-order valence-electron chi connectivity index (χ1n) is 7.72. The Kier molecular flexibility index (Phi) is 6.17. The minimum absolute atomic E-state index is 0.0344. The van der Waals surface area contributed by atoms with E-state index in [0.29, 0.717) is 22.9 Å². The number of anilines is 1. The maximum atomic E-state index is 12.6. The maximum Gasteiger partial charge on any atom is 0.255 e. The van der Waals surface area contributed by atoms with E-state index in [0.717, 1.165) is 5.56 Å². The fourth-order valence-corrected chi connectivity index (χ4v) is 2.73. The van der Waals surface area contributed by atoms with Gasteiger partial charge in [0.25, 0.3) is 5.91 Å². The number of amides is 1. The van der Waals surface area contributed by atoms with Gasteiger partial charge in [-0.2, -0.15) is 0 Å². The average Bonchev–Trinajstić information content (AvgIpc) is 2.54. The zero-order valence-corrected chi connectivity index (χ0v) is 15.2. The van der Waals surface area contributed by atoms with Gasteiger partial charge in [-0.1, -0.05) is 23.7 Å². The SMILES string of the molecule is CN(C)c1ncccc1C(=O)NCC(c1cccc(Cl)c1)N(C)C. The van der Waals surface area contributed by atoms with E-state index in [4.69, 9.17) is 11.6 Å². The van der Waals surface area contributed by atoms with Crippen molar-refractivity contribution in [2.75, 3.05) is 39.6 Å². The number of benzene rings is 1. The van der Waals surface area contributed by atoms with E-state index < -0.39 is 0 Å². The highest BCUT2D eigenvalue weighted by molar-refractivity contribution is 6.30. The number of likely N-dealkylation sites (N-methyl/N-ethyl adjacent to an activating group) is 1. The van der Waals surface area contributed by atoms with Crippen LogP contribution in [0, 0.1) is 0 Å². The van der Waals surface area contributed by atoms with E-state index >= 15 is 0 Å². The lowest BCUT2D eigenvalue weighted by atomic mass is 10.1. The highest BCUT2D eigenvalue weighted by Crippen LogP contribution is 2.21. The molecule has 1 aromatic heterocycles. The molecule has 0 bridgehead atoms. The summed E-state index contributed by atoms with van der Waals surface area (Å²) in [5.74, 6) is 0.514. The van der Waals surface area contributed by atoms with Crippen molar-refractivity contribution in [3.63, 3.8) is 0 Å². The van der Waals surface area contributed by atoms with Gasteiger partial charge >= 0.3 is 0 Å². The van der Waals surface area contributed by atoms with E-state index in [1.54, 1.807) is 18.3 Å². The molecule has 128 valence electrons. The van der Waals surface area contributed by atoms with Crippen molar-refractivity contribution in [1.82, 2.24) is 15.2 Å². The summed E-state index contributed by atoms with van der Waals surface area (Å²) in [5, 5.41) is 3.69. The van der Waals surface area contributed by atoms with Crippen molar-refractivity contribution in [2.45, 2.75) is 6.04 Å². The summed E-state index contributed by atoms with van der Waals surface area (Å²) in [6, 6.07) is 11.3. The quantitative estimate of drug-likeness (QED) is 0.873. The Morgan fingerprint density at radius 1 is 1.21 bits per heavy atom. The molecule has 0 aliphatic rings. The summed E-state index contributed by atoms with van der Waals surface area (Å²) >= 11 is 6.09. The lowest BCUT2D eigenvalue weighted by Crippen LogP contribution is -2.35. The highest BCUT2D eigenvalue weighted by atomic mass is 35.5. The first kappa shape index (κ1) is 18.2. The van der Waals surface area contributed by atoms with Gasteiger partial charge in [0.1, 0.15) is 5.82 Å². The molecule has 0 aliphatic heterocycles. The third kappa shape index (κ3) is 4.46. The van der Waals surface area contributed by atoms with E-state index in [1.165, 1.54) is 0 Å². The fourth-order valence-electron chi connectivity index (χ4n) is 2.53. The predicted molar refractivity (Wildman–Crippen MR) is 98.8 cm³/mol. The number of nitrogens with zero attached hydrogens (tertiary/aromatic N) is 3. The summed E-state index contributed by atoms with van der Waals surface area (Å²) < 4.78 is 0. The molecule has 24 heavy (non-hydrogen) atoms. The molecule has 2 rings (SSSR count). The third-order valence-electron chi connectivity index (χ3n) is 3.77. The van der Waals surface area contributed by atoms with Crippen LogP contribution in [-0.4, -0.2) is 50.5 Å². The Morgan fingerprint density at radius 2 is 1.96 bits per heavy atom. The van der Waals surface area contributed by atoms with Gasteiger partial charge in [0.2, 0.25) is 0 Å². The zero-order chi connectivity index (χ0) is 17.7. The number of nitrogens with one attached hydrogen (secondary N) is 1. The Bertz CT molecular complexity index is 703.